The largest absolute Gasteiger partial charge is 0.314 e. The van der Waals surface area contributed by atoms with Gasteiger partial charge in [0.15, 0.2) is 0 Å². The molecule has 1 fully saturated rings. The summed E-state index contributed by atoms with van der Waals surface area (Å²) in [4.78, 5) is 12.2. The molecule has 1 aliphatic carbocycles. The third kappa shape index (κ3) is 2.90. The first kappa shape index (κ1) is 12.9. The average Bonchev–Trinajstić information content (AvgIpc) is 2.92. The highest BCUT2D eigenvalue weighted by molar-refractivity contribution is 7.17. The van der Waals surface area contributed by atoms with E-state index in [9.17, 15) is 4.79 Å². The van der Waals surface area contributed by atoms with Crippen LogP contribution in [0.5, 0.6) is 0 Å². The maximum Gasteiger partial charge on any atom is 0.259 e. The van der Waals surface area contributed by atoms with Gasteiger partial charge in [0.2, 0.25) is 0 Å². The summed E-state index contributed by atoms with van der Waals surface area (Å²) in [5.74, 6) is 0. The molecular weight excluding hydrogens is 256 g/mol. The fraction of sp³-hybridized carbons (Fsp3) is 0.533. The number of nitrogens with one attached hydrogen (secondary N) is 1. The molecule has 102 valence electrons. The quantitative estimate of drug-likeness (QED) is 0.931. The van der Waals surface area contributed by atoms with Gasteiger partial charge in [0, 0.05) is 30.0 Å². The predicted octanol–water partition coefficient (Wildman–Crippen LogP) is 2.99. The van der Waals surface area contributed by atoms with Gasteiger partial charge < -0.3 is 9.88 Å². The third-order valence-electron chi connectivity index (χ3n) is 3.98. The van der Waals surface area contributed by atoms with E-state index in [1.54, 1.807) is 11.3 Å². The number of hydrogen-bond acceptors (Lipinski definition) is 3. The van der Waals surface area contributed by atoms with E-state index in [4.69, 9.17) is 0 Å². The molecule has 1 aliphatic rings. The van der Waals surface area contributed by atoms with Crippen molar-refractivity contribution in [2.75, 3.05) is 6.54 Å². The van der Waals surface area contributed by atoms with Crippen LogP contribution in [0.4, 0.5) is 0 Å². The Kier molecular flexibility index (Phi) is 3.99. The molecule has 2 heterocycles. The van der Waals surface area contributed by atoms with Crippen molar-refractivity contribution in [3.05, 3.63) is 34.1 Å². The van der Waals surface area contributed by atoms with Crippen LogP contribution >= 0.6 is 11.3 Å². The van der Waals surface area contributed by atoms with Gasteiger partial charge in [0.25, 0.3) is 5.56 Å². The SMILES string of the molecule is O=c1c2ccsc2ccn1CCNC1CCCCC1. The zero-order valence-electron chi connectivity index (χ0n) is 11.1. The fourth-order valence-electron chi connectivity index (χ4n) is 2.88. The first-order valence-corrected chi connectivity index (χ1v) is 8.02. The van der Waals surface area contributed by atoms with Crippen LogP contribution in [0.15, 0.2) is 28.5 Å². The zero-order chi connectivity index (χ0) is 13.1. The normalized spacial score (nSPS) is 17.1. The summed E-state index contributed by atoms with van der Waals surface area (Å²) >= 11 is 1.63. The summed E-state index contributed by atoms with van der Waals surface area (Å²) in [7, 11) is 0. The smallest absolute Gasteiger partial charge is 0.259 e. The van der Waals surface area contributed by atoms with Gasteiger partial charge in [-0.3, -0.25) is 4.79 Å². The molecule has 1 saturated carbocycles. The summed E-state index contributed by atoms with van der Waals surface area (Å²) in [5.41, 5.74) is 0.143. The van der Waals surface area contributed by atoms with E-state index in [1.165, 1.54) is 32.1 Å². The second-order valence-corrected chi connectivity index (χ2v) is 6.25. The molecule has 0 bridgehead atoms. The van der Waals surface area contributed by atoms with Gasteiger partial charge in [0.05, 0.1) is 5.39 Å². The molecule has 0 amide bonds. The van der Waals surface area contributed by atoms with E-state index >= 15 is 0 Å². The van der Waals surface area contributed by atoms with Crippen LogP contribution in [0, 0.1) is 0 Å². The van der Waals surface area contributed by atoms with Crippen LogP contribution in [0.25, 0.3) is 10.1 Å². The van der Waals surface area contributed by atoms with Crippen molar-refractivity contribution < 1.29 is 0 Å². The van der Waals surface area contributed by atoms with Gasteiger partial charge in [-0.15, -0.1) is 11.3 Å². The number of thiophene rings is 1. The van der Waals surface area contributed by atoms with Crippen LogP contribution in [0.3, 0.4) is 0 Å². The van der Waals surface area contributed by atoms with Gasteiger partial charge in [-0.05, 0) is 30.4 Å². The van der Waals surface area contributed by atoms with Gasteiger partial charge in [0.1, 0.15) is 0 Å². The Balaban J connectivity index is 1.61. The number of fused-ring (bicyclic) bond motifs is 1. The predicted molar refractivity (Wildman–Crippen MR) is 81.0 cm³/mol. The highest BCUT2D eigenvalue weighted by atomic mass is 32.1. The third-order valence-corrected chi connectivity index (χ3v) is 4.87. The molecule has 3 nitrogen and oxygen atoms in total. The van der Waals surface area contributed by atoms with E-state index < -0.39 is 0 Å². The number of aromatic nitrogens is 1. The summed E-state index contributed by atoms with van der Waals surface area (Å²) in [6.45, 7) is 1.65. The fourth-order valence-corrected chi connectivity index (χ4v) is 3.65. The van der Waals surface area contributed by atoms with Crippen molar-refractivity contribution in [3.63, 3.8) is 0 Å². The van der Waals surface area contributed by atoms with Crippen molar-refractivity contribution in [2.24, 2.45) is 0 Å². The molecule has 0 unspecified atom stereocenters. The molecule has 0 spiro atoms. The maximum atomic E-state index is 12.2. The first-order chi connectivity index (χ1) is 9.34. The summed E-state index contributed by atoms with van der Waals surface area (Å²) in [6, 6.07) is 4.63. The van der Waals surface area contributed by atoms with Crippen molar-refractivity contribution in [1.82, 2.24) is 9.88 Å². The van der Waals surface area contributed by atoms with E-state index in [1.807, 2.05) is 28.3 Å². The molecule has 1 N–H and O–H groups in total. The van der Waals surface area contributed by atoms with Gasteiger partial charge >= 0.3 is 0 Å². The van der Waals surface area contributed by atoms with Crippen molar-refractivity contribution in [2.45, 2.75) is 44.7 Å². The van der Waals surface area contributed by atoms with E-state index in [-0.39, 0.29) is 5.56 Å². The molecule has 0 radical (unpaired) electrons. The second kappa shape index (κ2) is 5.88. The Morgan fingerprint density at radius 3 is 2.95 bits per heavy atom. The highest BCUT2D eigenvalue weighted by Gasteiger charge is 2.12. The van der Waals surface area contributed by atoms with Crippen molar-refractivity contribution in [3.8, 4) is 0 Å². The topological polar surface area (TPSA) is 34.0 Å². The summed E-state index contributed by atoms with van der Waals surface area (Å²) < 4.78 is 2.91. The monoisotopic (exact) mass is 276 g/mol. The Morgan fingerprint density at radius 1 is 1.26 bits per heavy atom. The maximum absolute atomic E-state index is 12.2. The molecule has 19 heavy (non-hydrogen) atoms. The minimum atomic E-state index is 0.143. The van der Waals surface area contributed by atoms with E-state index in [0.717, 1.165) is 23.2 Å². The summed E-state index contributed by atoms with van der Waals surface area (Å²) in [5, 5.41) is 6.42. The molecule has 4 heteroatoms. The molecular formula is C15H20N2OS. The van der Waals surface area contributed by atoms with Crippen LogP contribution in [-0.2, 0) is 6.54 Å². The van der Waals surface area contributed by atoms with E-state index in [0.29, 0.717) is 6.04 Å². The Morgan fingerprint density at radius 2 is 2.11 bits per heavy atom. The lowest BCUT2D eigenvalue weighted by atomic mass is 9.95. The van der Waals surface area contributed by atoms with Gasteiger partial charge in [-0.25, -0.2) is 0 Å². The lowest BCUT2D eigenvalue weighted by molar-refractivity contribution is 0.367. The molecule has 3 rings (SSSR count). The van der Waals surface area contributed by atoms with Crippen LogP contribution < -0.4 is 10.9 Å². The molecule has 0 saturated heterocycles. The second-order valence-electron chi connectivity index (χ2n) is 5.30. The highest BCUT2D eigenvalue weighted by Crippen LogP contribution is 2.17. The molecule has 0 atom stereocenters. The Bertz CT molecular complexity index is 595. The van der Waals surface area contributed by atoms with Crippen LogP contribution in [0.2, 0.25) is 0 Å². The first-order valence-electron chi connectivity index (χ1n) is 7.14. The van der Waals surface area contributed by atoms with Crippen molar-refractivity contribution >= 4 is 21.4 Å². The zero-order valence-corrected chi connectivity index (χ0v) is 11.9. The average molecular weight is 276 g/mol. The lowest BCUT2D eigenvalue weighted by Crippen LogP contribution is -2.35. The molecule has 2 aromatic rings. The molecule has 0 aromatic carbocycles. The standard InChI is InChI=1S/C15H20N2OS/c18-15-13-7-11-19-14(13)6-9-17(15)10-8-16-12-4-2-1-3-5-12/h6-7,9,11-12,16H,1-5,8,10H2. The number of hydrogen-bond donors (Lipinski definition) is 1. The minimum Gasteiger partial charge on any atom is -0.314 e. The Labute approximate surface area is 117 Å². The molecule has 0 aliphatic heterocycles. The van der Waals surface area contributed by atoms with Crippen LogP contribution in [-0.4, -0.2) is 17.2 Å². The lowest BCUT2D eigenvalue weighted by Gasteiger charge is -2.22. The summed E-state index contributed by atoms with van der Waals surface area (Å²) in [6.07, 6.45) is 8.57. The van der Waals surface area contributed by atoms with Gasteiger partial charge in [-0.2, -0.15) is 0 Å². The van der Waals surface area contributed by atoms with E-state index in [2.05, 4.69) is 5.32 Å². The van der Waals surface area contributed by atoms with Crippen molar-refractivity contribution in [1.29, 1.82) is 0 Å². The number of rotatable bonds is 4. The Hall–Kier alpha value is -1.13. The number of pyridine rings is 1. The molecule has 2 aromatic heterocycles. The van der Waals surface area contributed by atoms with Crippen LogP contribution in [0.1, 0.15) is 32.1 Å². The minimum absolute atomic E-state index is 0.143. The van der Waals surface area contributed by atoms with Gasteiger partial charge in [-0.1, -0.05) is 19.3 Å². The number of nitrogens with zero attached hydrogens (tertiary/aromatic N) is 1.